The van der Waals surface area contributed by atoms with Crippen LogP contribution in [0, 0.1) is 5.92 Å². The van der Waals surface area contributed by atoms with Gasteiger partial charge in [-0.2, -0.15) is 5.10 Å². The van der Waals surface area contributed by atoms with Crippen molar-refractivity contribution in [3.05, 3.63) is 18.0 Å². The van der Waals surface area contributed by atoms with Gasteiger partial charge >= 0.3 is 0 Å². The Labute approximate surface area is 78.9 Å². The summed E-state index contributed by atoms with van der Waals surface area (Å²) >= 11 is 0. The van der Waals surface area contributed by atoms with Gasteiger partial charge in [-0.3, -0.25) is 4.68 Å². The number of hydrogen-bond acceptors (Lipinski definition) is 2. The Morgan fingerprint density at radius 1 is 1.69 bits per heavy atom. The van der Waals surface area contributed by atoms with E-state index in [0.717, 1.165) is 13.0 Å². The van der Waals surface area contributed by atoms with Gasteiger partial charge in [0.2, 0.25) is 0 Å². The molecule has 1 aliphatic carbocycles. The highest BCUT2D eigenvalue weighted by Gasteiger charge is 2.35. The normalized spacial score (nSPS) is 26.8. The molecule has 13 heavy (non-hydrogen) atoms. The van der Waals surface area contributed by atoms with Gasteiger partial charge < -0.3 is 5.73 Å². The maximum absolute atomic E-state index is 5.77. The Morgan fingerprint density at radius 2 is 2.38 bits per heavy atom. The van der Waals surface area contributed by atoms with Gasteiger partial charge in [-0.15, -0.1) is 0 Å². The van der Waals surface area contributed by atoms with Crippen LogP contribution in [0.2, 0.25) is 0 Å². The molecule has 0 radical (unpaired) electrons. The monoisotopic (exact) mass is 179 g/mol. The minimum Gasteiger partial charge on any atom is -0.327 e. The summed E-state index contributed by atoms with van der Waals surface area (Å²) < 4.78 is 2.02. The average molecular weight is 179 g/mol. The van der Waals surface area contributed by atoms with Gasteiger partial charge in [0.1, 0.15) is 0 Å². The van der Waals surface area contributed by atoms with Crippen molar-refractivity contribution < 1.29 is 0 Å². The number of aromatic nitrogens is 2. The maximum atomic E-state index is 5.77. The van der Waals surface area contributed by atoms with E-state index in [9.17, 15) is 0 Å². The Kier molecular flexibility index (Phi) is 2.12. The van der Waals surface area contributed by atoms with E-state index in [-0.39, 0.29) is 0 Å². The molecule has 2 rings (SSSR count). The van der Waals surface area contributed by atoms with Crippen LogP contribution in [0.3, 0.4) is 0 Å². The van der Waals surface area contributed by atoms with Crippen molar-refractivity contribution in [2.45, 2.75) is 38.8 Å². The lowest BCUT2D eigenvalue weighted by Crippen LogP contribution is -2.04. The predicted molar refractivity (Wildman–Crippen MR) is 52.4 cm³/mol. The third kappa shape index (κ3) is 1.91. The van der Waals surface area contributed by atoms with Crippen molar-refractivity contribution in [1.82, 2.24) is 9.78 Å². The fraction of sp³-hybridized carbons (Fsp3) is 0.700. The molecule has 0 spiro atoms. The molecule has 0 aromatic carbocycles. The summed E-state index contributed by atoms with van der Waals surface area (Å²) in [5, 5.41) is 4.31. The van der Waals surface area contributed by atoms with E-state index in [1.54, 1.807) is 0 Å². The van der Waals surface area contributed by atoms with E-state index in [4.69, 9.17) is 5.73 Å². The Morgan fingerprint density at radius 3 is 2.92 bits per heavy atom. The molecule has 0 unspecified atom stereocenters. The van der Waals surface area contributed by atoms with Crippen molar-refractivity contribution >= 4 is 0 Å². The Hall–Kier alpha value is -0.830. The summed E-state index contributed by atoms with van der Waals surface area (Å²) in [6, 6.07) is 0.386. The molecule has 0 saturated heterocycles. The van der Waals surface area contributed by atoms with E-state index in [1.165, 1.54) is 5.56 Å². The third-order valence-corrected chi connectivity index (χ3v) is 2.47. The lowest BCUT2D eigenvalue weighted by atomic mass is 10.2. The van der Waals surface area contributed by atoms with E-state index in [2.05, 4.69) is 25.1 Å². The maximum Gasteiger partial charge on any atom is 0.0525 e. The minimum absolute atomic E-state index is 0.386. The molecule has 2 atom stereocenters. The van der Waals surface area contributed by atoms with Gasteiger partial charge in [0.05, 0.1) is 6.20 Å². The number of hydrogen-bond donors (Lipinski definition) is 1. The quantitative estimate of drug-likeness (QED) is 0.761. The fourth-order valence-electron chi connectivity index (χ4n) is 1.64. The first kappa shape index (κ1) is 8.75. The number of nitrogens with two attached hydrogens (primary N) is 1. The summed E-state index contributed by atoms with van der Waals surface area (Å²) in [5.74, 6) is 1.24. The van der Waals surface area contributed by atoms with E-state index >= 15 is 0 Å². The van der Waals surface area contributed by atoms with Crippen molar-refractivity contribution in [3.8, 4) is 0 Å². The zero-order chi connectivity index (χ0) is 9.42. The van der Waals surface area contributed by atoms with Gasteiger partial charge in [-0.05, 0) is 17.9 Å². The van der Waals surface area contributed by atoms with Gasteiger partial charge in [0.25, 0.3) is 0 Å². The van der Waals surface area contributed by atoms with Crippen molar-refractivity contribution in [2.24, 2.45) is 11.7 Å². The molecule has 0 aliphatic heterocycles. The van der Waals surface area contributed by atoms with Crippen molar-refractivity contribution in [1.29, 1.82) is 0 Å². The third-order valence-electron chi connectivity index (χ3n) is 2.47. The minimum atomic E-state index is 0.386. The standard InChI is InChI=1S/C10H17N3/c1-7(2)5-13-6-8(4-12-13)9-3-10(9)11/h4,6-7,9-10H,3,5,11H2,1-2H3/t9-,10+/m1/s1. The summed E-state index contributed by atoms with van der Waals surface area (Å²) in [4.78, 5) is 0. The second-order valence-corrected chi connectivity index (χ2v) is 4.40. The largest absolute Gasteiger partial charge is 0.327 e. The van der Waals surface area contributed by atoms with Crippen molar-refractivity contribution in [3.63, 3.8) is 0 Å². The Bertz CT molecular complexity index is 290. The first-order valence-corrected chi connectivity index (χ1v) is 4.94. The molecule has 1 aromatic rings. The highest BCUT2D eigenvalue weighted by atomic mass is 15.3. The average Bonchev–Trinajstić information content (AvgIpc) is 2.60. The fourth-order valence-corrected chi connectivity index (χ4v) is 1.64. The van der Waals surface area contributed by atoms with Gasteiger partial charge in [0, 0.05) is 24.7 Å². The molecule has 0 bridgehead atoms. The molecule has 1 aromatic heterocycles. The topological polar surface area (TPSA) is 43.8 Å². The van der Waals surface area contributed by atoms with Crippen LogP contribution in [0.4, 0.5) is 0 Å². The van der Waals surface area contributed by atoms with Crippen LogP contribution in [-0.2, 0) is 6.54 Å². The van der Waals surface area contributed by atoms with Crippen LogP contribution in [0.15, 0.2) is 12.4 Å². The molecule has 1 heterocycles. The highest BCUT2D eigenvalue weighted by Crippen LogP contribution is 2.38. The van der Waals surface area contributed by atoms with E-state index in [0.29, 0.717) is 17.9 Å². The zero-order valence-electron chi connectivity index (χ0n) is 8.27. The first-order chi connectivity index (χ1) is 6.16. The first-order valence-electron chi connectivity index (χ1n) is 4.94. The van der Waals surface area contributed by atoms with E-state index in [1.807, 2.05) is 10.9 Å². The molecule has 0 amide bonds. The zero-order valence-corrected chi connectivity index (χ0v) is 8.27. The molecule has 72 valence electrons. The van der Waals surface area contributed by atoms with Crippen LogP contribution < -0.4 is 5.73 Å². The predicted octanol–water partition coefficient (Wildman–Crippen LogP) is 1.35. The number of nitrogens with zero attached hydrogens (tertiary/aromatic N) is 2. The highest BCUT2D eigenvalue weighted by molar-refractivity contribution is 5.22. The molecule has 2 N–H and O–H groups in total. The molecular formula is C10H17N3. The lowest BCUT2D eigenvalue weighted by molar-refractivity contribution is 0.483. The van der Waals surface area contributed by atoms with Crippen LogP contribution in [0.25, 0.3) is 0 Å². The van der Waals surface area contributed by atoms with Gasteiger partial charge in [0.15, 0.2) is 0 Å². The van der Waals surface area contributed by atoms with Gasteiger partial charge in [-0.25, -0.2) is 0 Å². The molecule has 3 nitrogen and oxygen atoms in total. The molecule has 1 aliphatic rings. The molecule has 1 saturated carbocycles. The van der Waals surface area contributed by atoms with Crippen LogP contribution >= 0.6 is 0 Å². The molecule has 1 fully saturated rings. The Balaban J connectivity index is 2.01. The molecule has 3 heteroatoms. The summed E-state index contributed by atoms with van der Waals surface area (Å²) in [6.45, 7) is 5.40. The second-order valence-electron chi connectivity index (χ2n) is 4.40. The van der Waals surface area contributed by atoms with Crippen LogP contribution in [0.5, 0.6) is 0 Å². The summed E-state index contributed by atoms with van der Waals surface area (Å²) in [7, 11) is 0. The van der Waals surface area contributed by atoms with Crippen LogP contribution in [0.1, 0.15) is 31.7 Å². The number of rotatable bonds is 3. The lowest BCUT2D eigenvalue weighted by Gasteiger charge is -2.03. The second kappa shape index (κ2) is 3.14. The van der Waals surface area contributed by atoms with E-state index < -0.39 is 0 Å². The smallest absolute Gasteiger partial charge is 0.0525 e. The van der Waals surface area contributed by atoms with Gasteiger partial charge in [-0.1, -0.05) is 13.8 Å². The SMILES string of the molecule is CC(C)Cn1cc([C@H]2C[C@@H]2N)cn1. The van der Waals surface area contributed by atoms with Crippen LogP contribution in [-0.4, -0.2) is 15.8 Å². The molecular weight excluding hydrogens is 162 g/mol. The summed E-state index contributed by atoms with van der Waals surface area (Å²) in [6.07, 6.45) is 5.23. The van der Waals surface area contributed by atoms with Crippen molar-refractivity contribution in [2.75, 3.05) is 0 Å². The summed E-state index contributed by atoms with van der Waals surface area (Å²) in [5.41, 5.74) is 7.09.